The van der Waals surface area contributed by atoms with Crippen molar-refractivity contribution in [2.45, 2.75) is 19.1 Å². The van der Waals surface area contributed by atoms with E-state index in [9.17, 15) is 23.2 Å². The number of nitrogens with zero attached hydrogens (tertiary/aromatic N) is 4. The Morgan fingerprint density at radius 2 is 1.95 bits per heavy atom. The fourth-order valence-electron chi connectivity index (χ4n) is 4.15. The van der Waals surface area contributed by atoms with Gasteiger partial charge in [0.15, 0.2) is 0 Å². The number of rotatable bonds is 9. The molecule has 1 unspecified atom stereocenters. The third-order valence-electron chi connectivity index (χ3n) is 6.09. The smallest absolute Gasteiger partial charge is 0.414 e. The predicted octanol–water partition coefficient (Wildman–Crippen LogP) is 0.870. The standard InChI is InChI=1S/C24H28F3N7O4/c25-19-11-17(33-15-18(38-24(33)37)13-30-23(36)22(26)27)1-2-20(19)32-8-7-31-34(10-9-32)21(35)14-29-12-16-3-5-28-6-4-16/h1-6,11,18,22,29,31H,7-10,12-15H2,(H,30,36). The molecule has 3 heterocycles. The number of cyclic esters (lactones) is 1. The first-order chi connectivity index (χ1) is 18.3. The molecule has 0 spiro atoms. The van der Waals surface area contributed by atoms with Crippen LogP contribution in [0.2, 0.25) is 0 Å². The fraction of sp³-hybridized carbons (Fsp3) is 0.417. The maximum atomic E-state index is 15.1. The Bertz CT molecular complexity index is 1140. The van der Waals surface area contributed by atoms with Crippen LogP contribution in [0.5, 0.6) is 0 Å². The normalized spacial score (nSPS) is 17.9. The van der Waals surface area contributed by atoms with Crippen molar-refractivity contribution in [3.05, 3.63) is 54.1 Å². The van der Waals surface area contributed by atoms with Gasteiger partial charge in [-0.2, -0.15) is 8.78 Å². The summed E-state index contributed by atoms with van der Waals surface area (Å²) in [6.45, 7) is 1.95. The second-order valence-corrected chi connectivity index (χ2v) is 8.70. The fourth-order valence-corrected chi connectivity index (χ4v) is 4.15. The number of hydrogen-bond donors (Lipinski definition) is 3. The third kappa shape index (κ3) is 6.89. The van der Waals surface area contributed by atoms with Crippen LogP contribution in [0.15, 0.2) is 42.7 Å². The Balaban J connectivity index is 1.29. The summed E-state index contributed by atoms with van der Waals surface area (Å²) < 4.78 is 44.9. The maximum absolute atomic E-state index is 15.1. The molecule has 3 amide bonds. The van der Waals surface area contributed by atoms with Gasteiger partial charge < -0.3 is 20.3 Å². The number of anilines is 2. The predicted molar refractivity (Wildman–Crippen MR) is 131 cm³/mol. The lowest BCUT2D eigenvalue weighted by atomic mass is 10.2. The molecule has 2 saturated heterocycles. The first kappa shape index (κ1) is 27.1. The minimum absolute atomic E-state index is 0.0267. The number of benzene rings is 1. The van der Waals surface area contributed by atoms with E-state index in [1.54, 1.807) is 23.4 Å². The summed E-state index contributed by atoms with van der Waals surface area (Å²) in [5, 5.41) is 6.62. The molecule has 1 atom stereocenters. The van der Waals surface area contributed by atoms with Crippen molar-refractivity contribution in [3.63, 3.8) is 0 Å². The summed E-state index contributed by atoms with van der Waals surface area (Å²) in [5.74, 6) is -2.16. The van der Waals surface area contributed by atoms with Gasteiger partial charge in [-0.1, -0.05) is 0 Å². The summed E-state index contributed by atoms with van der Waals surface area (Å²) in [5.41, 5.74) is 4.63. The number of halogens is 3. The van der Waals surface area contributed by atoms with Crippen LogP contribution in [0.4, 0.5) is 29.3 Å². The summed E-state index contributed by atoms with van der Waals surface area (Å²) in [6, 6.07) is 8.02. The third-order valence-corrected chi connectivity index (χ3v) is 6.09. The van der Waals surface area contributed by atoms with Crippen molar-refractivity contribution in [3.8, 4) is 0 Å². The SMILES string of the molecule is O=C(NCC1CN(c2ccc(N3CCNN(C(=O)CNCc4ccncc4)CC3)c(F)c2)C(=O)O1)C(F)F. The maximum Gasteiger partial charge on any atom is 0.414 e. The molecule has 2 fully saturated rings. The van der Waals surface area contributed by atoms with E-state index in [1.165, 1.54) is 22.0 Å². The Morgan fingerprint density at radius 1 is 1.16 bits per heavy atom. The Morgan fingerprint density at radius 3 is 2.68 bits per heavy atom. The Labute approximate surface area is 216 Å². The van der Waals surface area contributed by atoms with Crippen molar-refractivity contribution >= 4 is 29.3 Å². The van der Waals surface area contributed by atoms with Crippen molar-refractivity contribution in [1.29, 1.82) is 0 Å². The van der Waals surface area contributed by atoms with Crippen LogP contribution in [0.3, 0.4) is 0 Å². The Kier molecular flexibility index (Phi) is 8.97. The molecule has 0 saturated carbocycles. The largest absolute Gasteiger partial charge is 0.442 e. The molecule has 2 aromatic rings. The number of carbonyl (C=O) groups excluding carboxylic acids is 3. The van der Waals surface area contributed by atoms with E-state index in [4.69, 9.17) is 4.74 Å². The number of carbonyl (C=O) groups is 3. The van der Waals surface area contributed by atoms with Gasteiger partial charge >= 0.3 is 12.5 Å². The Hall–Kier alpha value is -3.91. The molecule has 2 aliphatic rings. The molecule has 14 heteroatoms. The van der Waals surface area contributed by atoms with Gasteiger partial charge in [0.2, 0.25) is 0 Å². The highest BCUT2D eigenvalue weighted by atomic mass is 19.3. The number of ether oxygens (including phenoxy) is 1. The highest BCUT2D eigenvalue weighted by Gasteiger charge is 2.33. The topological polar surface area (TPSA) is 119 Å². The number of nitrogens with one attached hydrogen (secondary N) is 3. The monoisotopic (exact) mass is 535 g/mol. The second-order valence-electron chi connectivity index (χ2n) is 8.70. The highest BCUT2D eigenvalue weighted by Crippen LogP contribution is 2.28. The summed E-state index contributed by atoms with van der Waals surface area (Å²) in [6.07, 6.45) is -1.40. The quantitative estimate of drug-likeness (QED) is 0.433. The number of aromatic nitrogens is 1. The highest BCUT2D eigenvalue weighted by molar-refractivity contribution is 5.90. The number of alkyl halides is 2. The van der Waals surface area contributed by atoms with E-state index < -0.39 is 30.3 Å². The van der Waals surface area contributed by atoms with Crippen molar-refractivity contribution < 1.29 is 32.3 Å². The number of hydrazine groups is 1. The van der Waals surface area contributed by atoms with Gasteiger partial charge in [0, 0.05) is 38.6 Å². The molecular formula is C24H28F3N7O4. The minimum atomic E-state index is -3.17. The van der Waals surface area contributed by atoms with Gasteiger partial charge in [-0.15, -0.1) is 0 Å². The van der Waals surface area contributed by atoms with Crippen LogP contribution in [-0.2, 0) is 20.9 Å². The van der Waals surface area contributed by atoms with Gasteiger partial charge in [-0.3, -0.25) is 24.5 Å². The second kappa shape index (κ2) is 12.6. The van der Waals surface area contributed by atoms with E-state index in [2.05, 4.69) is 15.7 Å². The van der Waals surface area contributed by atoms with Crippen LogP contribution in [-0.4, -0.2) is 86.2 Å². The van der Waals surface area contributed by atoms with E-state index in [-0.39, 0.29) is 31.2 Å². The van der Waals surface area contributed by atoms with Gasteiger partial charge in [-0.05, 0) is 35.9 Å². The van der Waals surface area contributed by atoms with E-state index in [0.29, 0.717) is 38.4 Å². The molecular weight excluding hydrogens is 507 g/mol. The van der Waals surface area contributed by atoms with Crippen LogP contribution in [0.1, 0.15) is 5.56 Å². The molecule has 0 bridgehead atoms. The molecule has 204 valence electrons. The lowest BCUT2D eigenvalue weighted by molar-refractivity contribution is -0.133. The van der Waals surface area contributed by atoms with E-state index >= 15 is 4.39 Å². The molecule has 1 aromatic heterocycles. The first-order valence-electron chi connectivity index (χ1n) is 12.0. The molecule has 0 radical (unpaired) electrons. The van der Waals surface area contributed by atoms with Crippen LogP contribution < -0.4 is 25.9 Å². The zero-order valence-electron chi connectivity index (χ0n) is 20.4. The molecule has 0 aliphatic carbocycles. The zero-order chi connectivity index (χ0) is 27.1. The molecule has 11 nitrogen and oxygen atoms in total. The molecule has 2 aliphatic heterocycles. The average molecular weight is 536 g/mol. The van der Waals surface area contributed by atoms with E-state index in [1.807, 2.05) is 17.4 Å². The number of hydrogen-bond acceptors (Lipinski definition) is 8. The van der Waals surface area contributed by atoms with Crippen molar-refractivity contribution in [1.82, 2.24) is 26.1 Å². The molecule has 38 heavy (non-hydrogen) atoms. The van der Waals surface area contributed by atoms with Gasteiger partial charge in [-0.25, -0.2) is 14.6 Å². The van der Waals surface area contributed by atoms with Crippen LogP contribution in [0.25, 0.3) is 0 Å². The van der Waals surface area contributed by atoms with Gasteiger partial charge in [0.25, 0.3) is 11.8 Å². The summed E-state index contributed by atoms with van der Waals surface area (Å²) in [4.78, 5) is 42.8. The summed E-state index contributed by atoms with van der Waals surface area (Å²) in [7, 11) is 0. The first-order valence-corrected chi connectivity index (χ1v) is 12.0. The molecule has 1 aromatic carbocycles. The minimum Gasteiger partial charge on any atom is -0.442 e. The molecule has 4 rings (SSSR count). The lowest BCUT2D eigenvalue weighted by Crippen LogP contribution is -2.47. The molecule has 3 N–H and O–H groups in total. The lowest BCUT2D eigenvalue weighted by Gasteiger charge is -2.24. The van der Waals surface area contributed by atoms with Crippen LogP contribution >= 0.6 is 0 Å². The average Bonchev–Trinajstić information content (AvgIpc) is 3.11. The van der Waals surface area contributed by atoms with Gasteiger partial charge in [0.1, 0.15) is 11.9 Å². The van der Waals surface area contributed by atoms with Gasteiger partial charge in [0.05, 0.1) is 37.6 Å². The summed E-state index contributed by atoms with van der Waals surface area (Å²) >= 11 is 0. The number of pyridine rings is 1. The van der Waals surface area contributed by atoms with Crippen molar-refractivity contribution in [2.75, 3.05) is 55.6 Å². The van der Waals surface area contributed by atoms with Crippen LogP contribution in [0, 0.1) is 5.82 Å². The van der Waals surface area contributed by atoms with E-state index in [0.717, 1.165) is 5.56 Å². The number of amides is 3. The zero-order valence-corrected chi connectivity index (χ0v) is 20.4. The van der Waals surface area contributed by atoms with Crippen molar-refractivity contribution in [2.24, 2.45) is 0 Å².